The summed E-state index contributed by atoms with van der Waals surface area (Å²) in [5, 5.41) is 6.76. The number of rotatable bonds is 5. The van der Waals surface area contributed by atoms with Gasteiger partial charge in [-0.3, -0.25) is 5.10 Å². The summed E-state index contributed by atoms with van der Waals surface area (Å²) in [6.07, 6.45) is 6.38. The van der Waals surface area contributed by atoms with Crippen LogP contribution >= 0.6 is 0 Å². The molecule has 74 valence electrons. The first kappa shape index (κ1) is 10.2. The molecule has 1 rings (SSSR count). The Balaban J connectivity index is 2.42. The van der Waals surface area contributed by atoms with Crippen LogP contribution in [0.15, 0.2) is 6.33 Å². The standard InChI is InChI=1S/C10H19N3/c1-4-5-6-10(2,3)7-9-11-8-12-13-9/h8H,4-7H2,1-3H3,(H,11,12,13). The van der Waals surface area contributed by atoms with E-state index in [4.69, 9.17) is 0 Å². The second-order valence-electron chi connectivity index (χ2n) is 4.38. The van der Waals surface area contributed by atoms with Gasteiger partial charge in [0.1, 0.15) is 12.2 Å². The van der Waals surface area contributed by atoms with E-state index in [1.807, 2.05) is 0 Å². The third kappa shape index (κ3) is 3.57. The molecule has 0 unspecified atom stereocenters. The largest absolute Gasteiger partial charge is 0.263 e. The molecule has 0 aliphatic heterocycles. The zero-order valence-electron chi connectivity index (χ0n) is 8.80. The smallest absolute Gasteiger partial charge is 0.137 e. The van der Waals surface area contributed by atoms with Crippen molar-refractivity contribution in [1.82, 2.24) is 15.2 Å². The van der Waals surface area contributed by atoms with Crippen LogP contribution in [0.2, 0.25) is 0 Å². The van der Waals surface area contributed by atoms with Crippen molar-refractivity contribution >= 4 is 0 Å². The first-order valence-electron chi connectivity index (χ1n) is 4.98. The van der Waals surface area contributed by atoms with E-state index in [1.165, 1.54) is 19.3 Å². The zero-order chi connectivity index (χ0) is 9.73. The Labute approximate surface area is 80.0 Å². The van der Waals surface area contributed by atoms with Gasteiger partial charge in [-0.1, -0.05) is 33.6 Å². The van der Waals surface area contributed by atoms with Gasteiger partial charge in [0, 0.05) is 6.42 Å². The molecule has 1 N–H and O–H groups in total. The Morgan fingerprint density at radius 2 is 2.23 bits per heavy atom. The zero-order valence-corrected chi connectivity index (χ0v) is 8.80. The molecular weight excluding hydrogens is 162 g/mol. The van der Waals surface area contributed by atoms with Crippen LogP contribution in [0.5, 0.6) is 0 Å². The van der Waals surface area contributed by atoms with Crippen LogP contribution in [0.3, 0.4) is 0 Å². The molecule has 0 saturated carbocycles. The topological polar surface area (TPSA) is 41.6 Å². The van der Waals surface area contributed by atoms with Crippen LogP contribution in [0.4, 0.5) is 0 Å². The maximum Gasteiger partial charge on any atom is 0.137 e. The highest BCUT2D eigenvalue weighted by atomic mass is 15.2. The fourth-order valence-electron chi connectivity index (χ4n) is 1.51. The Morgan fingerprint density at radius 3 is 2.77 bits per heavy atom. The third-order valence-corrected chi connectivity index (χ3v) is 2.32. The van der Waals surface area contributed by atoms with Gasteiger partial charge in [0.15, 0.2) is 0 Å². The molecule has 13 heavy (non-hydrogen) atoms. The van der Waals surface area contributed by atoms with Gasteiger partial charge in [0.2, 0.25) is 0 Å². The number of unbranched alkanes of at least 4 members (excludes halogenated alkanes) is 1. The highest BCUT2D eigenvalue weighted by molar-refractivity contribution is 4.87. The number of nitrogens with one attached hydrogen (secondary N) is 1. The highest BCUT2D eigenvalue weighted by Gasteiger charge is 2.18. The molecule has 0 aromatic carbocycles. The van der Waals surface area contributed by atoms with E-state index in [0.29, 0.717) is 5.41 Å². The fraction of sp³-hybridized carbons (Fsp3) is 0.800. The van der Waals surface area contributed by atoms with E-state index >= 15 is 0 Å². The first-order valence-corrected chi connectivity index (χ1v) is 4.98. The third-order valence-electron chi connectivity index (χ3n) is 2.32. The molecule has 1 heterocycles. The summed E-state index contributed by atoms with van der Waals surface area (Å²) in [6.45, 7) is 6.79. The molecule has 0 bridgehead atoms. The minimum Gasteiger partial charge on any atom is -0.263 e. The van der Waals surface area contributed by atoms with Crippen molar-refractivity contribution in [2.75, 3.05) is 0 Å². The maximum atomic E-state index is 4.14. The van der Waals surface area contributed by atoms with Gasteiger partial charge in [-0.25, -0.2) is 4.98 Å². The predicted molar refractivity (Wildman–Crippen MR) is 53.4 cm³/mol. The summed E-state index contributed by atoms with van der Waals surface area (Å²) in [4.78, 5) is 4.14. The van der Waals surface area contributed by atoms with Gasteiger partial charge in [-0.2, -0.15) is 5.10 Å². The molecular formula is C10H19N3. The van der Waals surface area contributed by atoms with Crippen molar-refractivity contribution in [2.24, 2.45) is 5.41 Å². The van der Waals surface area contributed by atoms with E-state index in [2.05, 4.69) is 36.0 Å². The lowest BCUT2D eigenvalue weighted by atomic mass is 9.84. The molecule has 0 atom stereocenters. The molecule has 0 fully saturated rings. The van der Waals surface area contributed by atoms with E-state index in [0.717, 1.165) is 12.2 Å². The number of H-pyrrole nitrogens is 1. The number of hydrogen-bond donors (Lipinski definition) is 1. The fourth-order valence-corrected chi connectivity index (χ4v) is 1.51. The summed E-state index contributed by atoms with van der Waals surface area (Å²) in [5.41, 5.74) is 0.343. The Hall–Kier alpha value is -0.860. The molecule has 0 spiro atoms. The molecule has 0 saturated heterocycles. The van der Waals surface area contributed by atoms with Crippen molar-refractivity contribution in [3.8, 4) is 0 Å². The van der Waals surface area contributed by atoms with E-state index < -0.39 is 0 Å². The van der Waals surface area contributed by atoms with Crippen molar-refractivity contribution in [3.05, 3.63) is 12.2 Å². The van der Waals surface area contributed by atoms with E-state index in [1.54, 1.807) is 6.33 Å². The monoisotopic (exact) mass is 181 g/mol. The second-order valence-corrected chi connectivity index (χ2v) is 4.38. The van der Waals surface area contributed by atoms with Crippen LogP contribution in [0, 0.1) is 5.41 Å². The van der Waals surface area contributed by atoms with E-state index in [9.17, 15) is 0 Å². The molecule has 1 aromatic heterocycles. The molecule has 0 aliphatic carbocycles. The molecule has 3 heteroatoms. The normalized spacial score (nSPS) is 11.9. The average Bonchev–Trinajstić information content (AvgIpc) is 2.52. The van der Waals surface area contributed by atoms with Gasteiger partial charge in [0.25, 0.3) is 0 Å². The Kier molecular flexibility index (Phi) is 3.46. The van der Waals surface area contributed by atoms with Gasteiger partial charge in [0.05, 0.1) is 0 Å². The van der Waals surface area contributed by atoms with Crippen molar-refractivity contribution in [1.29, 1.82) is 0 Å². The summed E-state index contributed by atoms with van der Waals surface area (Å²) in [6, 6.07) is 0. The Morgan fingerprint density at radius 1 is 1.46 bits per heavy atom. The number of hydrogen-bond acceptors (Lipinski definition) is 2. The highest BCUT2D eigenvalue weighted by Crippen LogP contribution is 2.26. The quantitative estimate of drug-likeness (QED) is 0.758. The van der Waals surface area contributed by atoms with Gasteiger partial charge in [-0.15, -0.1) is 0 Å². The lowest BCUT2D eigenvalue weighted by Gasteiger charge is -2.22. The van der Waals surface area contributed by atoms with E-state index in [-0.39, 0.29) is 0 Å². The van der Waals surface area contributed by atoms with Gasteiger partial charge < -0.3 is 0 Å². The summed E-state index contributed by atoms with van der Waals surface area (Å²) in [7, 11) is 0. The number of aromatic nitrogens is 3. The summed E-state index contributed by atoms with van der Waals surface area (Å²) < 4.78 is 0. The molecule has 0 amide bonds. The van der Waals surface area contributed by atoms with Gasteiger partial charge in [-0.05, 0) is 11.8 Å². The minimum absolute atomic E-state index is 0.343. The van der Waals surface area contributed by atoms with Crippen molar-refractivity contribution in [3.63, 3.8) is 0 Å². The van der Waals surface area contributed by atoms with Crippen LogP contribution in [-0.2, 0) is 6.42 Å². The molecule has 0 aliphatic rings. The lowest BCUT2D eigenvalue weighted by Crippen LogP contribution is -2.15. The SMILES string of the molecule is CCCCC(C)(C)Cc1ncn[nH]1. The predicted octanol–water partition coefficient (Wildman–Crippen LogP) is 2.56. The first-order chi connectivity index (χ1) is 6.14. The van der Waals surface area contributed by atoms with Gasteiger partial charge >= 0.3 is 0 Å². The summed E-state index contributed by atoms with van der Waals surface area (Å²) >= 11 is 0. The maximum absolute atomic E-state index is 4.14. The molecule has 1 aromatic rings. The number of nitrogens with zero attached hydrogens (tertiary/aromatic N) is 2. The van der Waals surface area contributed by atoms with Crippen LogP contribution in [0.25, 0.3) is 0 Å². The van der Waals surface area contributed by atoms with Crippen LogP contribution in [-0.4, -0.2) is 15.2 Å². The Bertz CT molecular complexity index is 226. The summed E-state index contributed by atoms with van der Waals surface area (Å²) in [5.74, 6) is 1.00. The lowest BCUT2D eigenvalue weighted by molar-refractivity contribution is 0.315. The minimum atomic E-state index is 0.343. The van der Waals surface area contributed by atoms with Crippen LogP contribution < -0.4 is 0 Å². The second kappa shape index (κ2) is 4.40. The van der Waals surface area contributed by atoms with Crippen molar-refractivity contribution < 1.29 is 0 Å². The molecule has 0 radical (unpaired) electrons. The average molecular weight is 181 g/mol. The number of aromatic amines is 1. The van der Waals surface area contributed by atoms with Crippen molar-refractivity contribution in [2.45, 2.75) is 46.5 Å². The molecule has 3 nitrogen and oxygen atoms in total. The van der Waals surface area contributed by atoms with Crippen LogP contribution in [0.1, 0.15) is 45.9 Å².